The summed E-state index contributed by atoms with van der Waals surface area (Å²) in [7, 11) is 0. The highest BCUT2D eigenvalue weighted by Crippen LogP contribution is 2.22. The second-order valence-electron chi connectivity index (χ2n) is 3.73. The molecule has 0 aliphatic heterocycles. The van der Waals surface area contributed by atoms with Gasteiger partial charge < -0.3 is 4.42 Å². The molecule has 2 aromatic heterocycles. The number of aryl methyl sites for hydroxylation is 3. The van der Waals surface area contributed by atoms with Crippen LogP contribution in [0.15, 0.2) is 16.5 Å². The molecule has 0 saturated carbocycles. The Bertz CT molecular complexity index is 523. The molecule has 0 atom stereocenters. The third-order valence-corrected chi connectivity index (χ3v) is 3.47. The summed E-state index contributed by atoms with van der Waals surface area (Å²) in [4.78, 5) is 17.2. The van der Waals surface area contributed by atoms with Crippen molar-refractivity contribution in [2.45, 2.75) is 27.2 Å². The van der Waals surface area contributed by atoms with Crippen LogP contribution in [0.3, 0.4) is 0 Å². The van der Waals surface area contributed by atoms with Crippen molar-refractivity contribution in [2.75, 3.05) is 5.32 Å². The molecule has 0 spiro atoms. The average Bonchev–Trinajstić information content (AvgIpc) is 2.87. The van der Waals surface area contributed by atoms with Crippen molar-refractivity contribution in [3.63, 3.8) is 0 Å². The van der Waals surface area contributed by atoms with E-state index in [1.807, 2.05) is 26.8 Å². The van der Waals surface area contributed by atoms with E-state index in [1.165, 1.54) is 11.3 Å². The van der Waals surface area contributed by atoms with Gasteiger partial charge in [0.15, 0.2) is 10.9 Å². The minimum Gasteiger partial charge on any atom is -0.456 e. The first-order valence-electron chi connectivity index (χ1n) is 5.44. The maximum absolute atomic E-state index is 11.8. The van der Waals surface area contributed by atoms with Crippen molar-refractivity contribution in [1.82, 2.24) is 4.98 Å². The van der Waals surface area contributed by atoms with Crippen molar-refractivity contribution >= 4 is 22.4 Å². The number of hydrogen-bond donors (Lipinski definition) is 1. The fourth-order valence-corrected chi connectivity index (χ4v) is 2.18. The number of aromatic nitrogens is 1. The summed E-state index contributed by atoms with van der Waals surface area (Å²) in [5.41, 5.74) is 0.944. The molecule has 0 saturated heterocycles. The lowest BCUT2D eigenvalue weighted by Gasteiger charge is -1.97. The molecule has 0 fully saturated rings. The quantitative estimate of drug-likeness (QED) is 0.910. The normalized spacial score (nSPS) is 10.5. The molecular formula is C12H14N2O2S. The topological polar surface area (TPSA) is 55.1 Å². The van der Waals surface area contributed by atoms with Gasteiger partial charge in [-0.1, -0.05) is 6.92 Å². The van der Waals surface area contributed by atoms with Gasteiger partial charge in [-0.05, 0) is 26.0 Å². The number of rotatable bonds is 3. The second kappa shape index (κ2) is 4.71. The molecule has 0 aromatic carbocycles. The van der Waals surface area contributed by atoms with Crippen LogP contribution in [0.4, 0.5) is 5.13 Å². The van der Waals surface area contributed by atoms with Crippen molar-refractivity contribution in [2.24, 2.45) is 0 Å². The van der Waals surface area contributed by atoms with Crippen molar-refractivity contribution < 1.29 is 9.21 Å². The Kier molecular flexibility index (Phi) is 3.28. The summed E-state index contributed by atoms with van der Waals surface area (Å²) in [6.45, 7) is 5.88. The lowest BCUT2D eigenvalue weighted by molar-refractivity contribution is 0.0995. The van der Waals surface area contributed by atoms with Gasteiger partial charge in [0.05, 0.1) is 5.69 Å². The lowest BCUT2D eigenvalue weighted by Crippen LogP contribution is -2.10. The fourth-order valence-electron chi connectivity index (χ4n) is 1.37. The summed E-state index contributed by atoms with van der Waals surface area (Å²) in [5, 5.41) is 3.34. The molecule has 4 nitrogen and oxygen atoms in total. The van der Waals surface area contributed by atoms with Crippen LogP contribution in [-0.2, 0) is 6.42 Å². The molecule has 2 rings (SSSR count). The number of anilines is 1. The van der Waals surface area contributed by atoms with E-state index in [0.29, 0.717) is 10.9 Å². The number of carbonyl (C=O) groups is 1. The molecule has 0 radical (unpaired) electrons. The summed E-state index contributed by atoms with van der Waals surface area (Å²) in [6.07, 6.45) is 0.781. The fraction of sp³-hybridized carbons (Fsp3) is 0.333. The van der Waals surface area contributed by atoms with E-state index in [4.69, 9.17) is 4.42 Å². The maximum atomic E-state index is 11.8. The Labute approximate surface area is 104 Å². The number of thiazole rings is 1. The molecule has 0 bridgehead atoms. The van der Waals surface area contributed by atoms with Gasteiger partial charge in [-0.3, -0.25) is 10.1 Å². The molecule has 0 aliphatic carbocycles. The minimum atomic E-state index is -0.251. The van der Waals surface area contributed by atoms with Crippen molar-refractivity contribution in [3.8, 4) is 0 Å². The molecule has 0 unspecified atom stereocenters. The molecule has 90 valence electrons. The predicted molar refractivity (Wildman–Crippen MR) is 67.6 cm³/mol. The third kappa shape index (κ3) is 2.55. The van der Waals surface area contributed by atoms with Crippen molar-refractivity contribution in [1.29, 1.82) is 0 Å². The Hall–Kier alpha value is -1.62. The van der Waals surface area contributed by atoms with E-state index in [2.05, 4.69) is 10.3 Å². The van der Waals surface area contributed by atoms with E-state index in [9.17, 15) is 4.79 Å². The molecule has 1 N–H and O–H groups in total. The highest BCUT2D eigenvalue weighted by atomic mass is 32.1. The van der Waals surface area contributed by atoms with Crippen LogP contribution in [0.1, 0.15) is 33.8 Å². The third-order valence-electron chi connectivity index (χ3n) is 2.48. The second-order valence-corrected chi connectivity index (χ2v) is 4.94. The number of carbonyl (C=O) groups excluding carboxylic acids is 1. The number of furan rings is 1. The van der Waals surface area contributed by atoms with Gasteiger partial charge in [0, 0.05) is 11.3 Å². The van der Waals surface area contributed by atoms with Gasteiger partial charge in [0.2, 0.25) is 0 Å². The first-order valence-corrected chi connectivity index (χ1v) is 6.26. The summed E-state index contributed by atoms with van der Waals surface area (Å²) in [6, 6.07) is 3.49. The van der Waals surface area contributed by atoms with Gasteiger partial charge in [-0.2, -0.15) is 0 Å². The molecule has 1 amide bonds. The van der Waals surface area contributed by atoms with E-state index in [0.717, 1.165) is 22.8 Å². The van der Waals surface area contributed by atoms with E-state index >= 15 is 0 Å². The van der Waals surface area contributed by atoms with Gasteiger partial charge in [-0.15, -0.1) is 11.3 Å². The van der Waals surface area contributed by atoms with E-state index in [1.54, 1.807) is 6.07 Å². The Morgan fingerprint density at radius 2 is 2.24 bits per heavy atom. The largest absolute Gasteiger partial charge is 0.456 e. The smallest absolute Gasteiger partial charge is 0.293 e. The van der Waals surface area contributed by atoms with E-state index in [-0.39, 0.29) is 5.91 Å². The predicted octanol–water partition coefficient (Wildman–Crippen LogP) is 3.17. The minimum absolute atomic E-state index is 0.251. The SMILES string of the molecule is CCc1ccc(C(=O)Nc2nc(C)c(C)s2)o1. The molecule has 5 heteroatoms. The van der Waals surface area contributed by atoms with Crippen LogP contribution >= 0.6 is 11.3 Å². The Balaban J connectivity index is 2.11. The highest BCUT2D eigenvalue weighted by Gasteiger charge is 2.13. The number of amides is 1. The van der Waals surface area contributed by atoms with Crippen LogP contribution in [0, 0.1) is 13.8 Å². The maximum Gasteiger partial charge on any atom is 0.293 e. The first kappa shape index (κ1) is 11.9. The van der Waals surface area contributed by atoms with Crippen LogP contribution in [-0.4, -0.2) is 10.9 Å². The number of nitrogens with one attached hydrogen (secondary N) is 1. The zero-order valence-corrected chi connectivity index (χ0v) is 10.9. The van der Waals surface area contributed by atoms with E-state index < -0.39 is 0 Å². The van der Waals surface area contributed by atoms with Crippen LogP contribution in [0.25, 0.3) is 0 Å². The van der Waals surface area contributed by atoms with Gasteiger partial charge >= 0.3 is 0 Å². The van der Waals surface area contributed by atoms with Crippen LogP contribution in [0.5, 0.6) is 0 Å². The summed E-state index contributed by atoms with van der Waals surface area (Å²) < 4.78 is 5.37. The molecule has 2 aromatic rings. The van der Waals surface area contributed by atoms with Gasteiger partial charge in [-0.25, -0.2) is 4.98 Å². The molecule has 0 aliphatic rings. The number of hydrogen-bond acceptors (Lipinski definition) is 4. The van der Waals surface area contributed by atoms with Gasteiger partial charge in [0.1, 0.15) is 5.76 Å². The first-order chi connectivity index (χ1) is 8.10. The van der Waals surface area contributed by atoms with Gasteiger partial charge in [0.25, 0.3) is 5.91 Å². The number of nitrogens with zero attached hydrogens (tertiary/aromatic N) is 1. The van der Waals surface area contributed by atoms with Crippen LogP contribution in [0.2, 0.25) is 0 Å². The summed E-state index contributed by atoms with van der Waals surface area (Å²) >= 11 is 1.47. The standard InChI is InChI=1S/C12H14N2O2S/c1-4-9-5-6-10(16-9)11(15)14-12-13-7(2)8(3)17-12/h5-6H,4H2,1-3H3,(H,13,14,15). The molecule has 2 heterocycles. The average molecular weight is 250 g/mol. The Morgan fingerprint density at radius 1 is 1.47 bits per heavy atom. The molecule has 17 heavy (non-hydrogen) atoms. The zero-order valence-electron chi connectivity index (χ0n) is 10.0. The molecular weight excluding hydrogens is 236 g/mol. The monoisotopic (exact) mass is 250 g/mol. The highest BCUT2D eigenvalue weighted by molar-refractivity contribution is 7.15. The lowest BCUT2D eigenvalue weighted by atomic mass is 10.3. The summed E-state index contributed by atoms with van der Waals surface area (Å²) in [5.74, 6) is 0.882. The van der Waals surface area contributed by atoms with Crippen LogP contribution < -0.4 is 5.32 Å². The zero-order chi connectivity index (χ0) is 12.4. The van der Waals surface area contributed by atoms with Crippen molar-refractivity contribution in [3.05, 3.63) is 34.2 Å². The Morgan fingerprint density at radius 3 is 2.76 bits per heavy atom.